The van der Waals surface area contributed by atoms with Gasteiger partial charge in [0, 0.05) is 30.9 Å². The Morgan fingerprint density at radius 1 is 0.929 bits per heavy atom. The second-order valence-corrected chi connectivity index (χ2v) is 7.39. The van der Waals surface area contributed by atoms with E-state index in [1.165, 1.54) is 5.56 Å². The summed E-state index contributed by atoms with van der Waals surface area (Å²) in [5, 5.41) is 10.4. The van der Waals surface area contributed by atoms with Crippen molar-refractivity contribution in [3.8, 4) is 11.1 Å². The number of likely N-dealkylation sites (tertiary alicyclic amines) is 1. The highest BCUT2D eigenvalue weighted by Crippen LogP contribution is 2.23. The molecule has 1 aromatic heterocycles. The molecule has 0 saturated carbocycles. The quantitative estimate of drug-likeness (QED) is 0.747. The Labute approximate surface area is 165 Å². The summed E-state index contributed by atoms with van der Waals surface area (Å²) in [6.45, 7) is 0.983. The second kappa shape index (κ2) is 8.36. The van der Waals surface area contributed by atoms with Crippen LogP contribution in [0.15, 0.2) is 79.0 Å². The van der Waals surface area contributed by atoms with Crippen molar-refractivity contribution in [3.63, 3.8) is 0 Å². The first kappa shape index (κ1) is 18.4. The van der Waals surface area contributed by atoms with Crippen molar-refractivity contribution in [2.75, 3.05) is 13.1 Å². The van der Waals surface area contributed by atoms with Gasteiger partial charge in [0.05, 0.1) is 12.5 Å². The van der Waals surface area contributed by atoms with Crippen molar-refractivity contribution >= 4 is 5.91 Å². The molecule has 0 spiro atoms. The molecular formula is C24H24N2O2. The van der Waals surface area contributed by atoms with E-state index in [2.05, 4.69) is 29.2 Å². The number of rotatable bonds is 5. The third-order valence-electron chi connectivity index (χ3n) is 5.37. The fourth-order valence-corrected chi connectivity index (χ4v) is 3.78. The van der Waals surface area contributed by atoms with E-state index in [9.17, 15) is 9.90 Å². The van der Waals surface area contributed by atoms with Crippen molar-refractivity contribution < 1.29 is 9.90 Å². The molecule has 3 aromatic rings. The zero-order valence-electron chi connectivity index (χ0n) is 15.7. The topological polar surface area (TPSA) is 53.4 Å². The summed E-state index contributed by atoms with van der Waals surface area (Å²) >= 11 is 0. The molecule has 1 aliphatic rings. The van der Waals surface area contributed by atoms with Gasteiger partial charge in [-0.2, -0.15) is 0 Å². The zero-order valence-corrected chi connectivity index (χ0v) is 15.7. The Hall–Kier alpha value is -2.98. The van der Waals surface area contributed by atoms with Crippen LogP contribution in [-0.2, 0) is 17.6 Å². The van der Waals surface area contributed by atoms with E-state index in [-0.39, 0.29) is 11.8 Å². The van der Waals surface area contributed by atoms with Crippen molar-refractivity contribution in [1.29, 1.82) is 0 Å². The third kappa shape index (κ3) is 4.29. The summed E-state index contributed by atoms with van der Waals surface area (Å²) in [6.07, 6.45) is 2.32. The lowest BCUT2D eigenvalue weighted by molar-refractivity contribution is -0.129. The molecule has 142 valence electrons. The molecule has 4 heteroatoms. The molecule has 4 rings (SSSR count). The molecule has 0 radical (unpaired) electrons. The van der Waals surface area contributed by atoms with Crippen molar-refractivity contribution in [3.05, 3.63) is 90.3 Å². The summed E-state index contributed by atoms with van der Waals surface area (Å²) in [5.41, 5.74) is 4.26. The molecule has 0 unspecified atom stereocenters. The van der Waals surface area contributed by atoms with Gasteiger partial charge in [-0.25, -0.2) is 0 Å². The van der Waals surface area contributed by atoms with Crippen LogP contribution >= 0.6 is 0 Å². The highest BCUT2D eigenvalue weighted by Gasteiger charge is 2.34. The van der Waals surface area contributed by atoms with Gasteiger partial charge in [-0.05, 0) is 35.2 Å². The summed E-state index contributed by atoms with van der Waals surface area (Å²) in [7, 11) is 0. The predicted molar refractivity (Wildman–Crippen MR) is 110 cm³/mol. The lowest BCUT2D eigenvalue weighted by Gasteiger charge is -2.16. The number of nitrogens with zero attached hydrogens (tertiary/aromatic N) is 2. The van der Waals surface area contributed by atoms with Crippen molar-refractivity contribution in [2.24, 2.45) is 5.92 Å². The van der Waals surface area contributed by atoms with Gasteiger partial charge in [0.1, 0.15) is 0 Å². The first-order valence-corrected chi connectivity index (χ1v) is 9.69. The Morgan fingerprint density at radius 3 is 2.36 bits per heavy atom. The minimum atomic E-state index is -0.494. The van der Waals surface area contributed by atoms with E-state index in [4.69, 9.17) is 0 Å². The van der Waals surface area contributed by atoms with Crippen LogP contribution < -0.4 is 0 Å². The molecule has 0 aliphatic carbocycles. The molecule has 4 nitrogen and oxygen atoms in total. The molecule has 1 amide bonds. The van der Waals surface area contributed by atoms with E-state index in [1.54, 1.807) is 11.1 Å². The van der Waals surface area contributed by atoms with Crippen LogP contribution in [0.5, 0.6) is 0 Å². The van der Waals surface area contributed by atoms with Gasteiger partial charge < -0.3 is 10.0 Å². The van der Waals surface area contributed by atoms with E-state index >= 15 is 0 Å². The monoisotopic (exact) mass is 372 g/mol. The predicted octanol–water partition coefficient (Wildman–Crippen LogP) is 3.35. The second-order valence-electron chi connectivity index (χ2n) is 7.39. The Bertz CT molecular complexity index is 910. The van der Waals surface area contributed by atoms with Gasteiger partial charge in [0.15, 0.2) is 0 Å². The molecule has 1 saturated heterocycles. The number of pyridine rings is 1. The third-order valence-corrected chi connectivity index (χ3v) is 5.37. The van der Waals surface area contributed by atoms with Crippen LogP contribution in [0.4, 0.5) is 0 Å². The standard InChI is InChI=1S/C24H24N2O2/c27-23-17-26(16-21(23)15-22-8-4-5-13-25-22)24(28)14-18-9-11-20(12-10-18)19-6-2-1-3-7-19/h1-13,21,23,27H,14-17H2/t21-,23-/m1/s1. The molecule has 0 bridgehead atoms. The number of aliphatic hydroxyl groups excluding tert-OH is 1. The highest BCUT2D eigenvalue weighted by atomic mass is 16.3. The van der Waals surface area contributed by atoms with Gasteiger partial charge in [-0.1, -0.05) is 60.7 Å². The van der Waals surface area contributed by atoms with E-state index in [1.807, 2.05) is 48.5 Å². The highest BCUT2D eigenvalue weighted by molar-refractivity contribution is 5.79. The summed E-state index contributed by atoms with van der Waals surface area (Å²) in [5.74, 6) is 0.106. The number of hydrogen-bond acceptors (Lipinski definition) is 3. The molecule has 2 atom stereocenters. The first-order valence-electron chi connectivity index (χ1n) is 9.69. The van der Waals surface area contributed by atoms with Crippen molar-refractivity contribution in [2.45, 2.75) is 18.9 Å². The van der Waals surface area contributed by atoms with Crippen LogP contribution in [0.1, 0.15) is 11.3 Å². The fourth-order valence-electron chi connectivity index (χ4n) is 3.78. The number of aliphatic hydroxyl groups is 1. The van der Waals surface area contributed by atoms with E-state index in [0.29, 0.717) is 25.9 Å². The minimum Gasteiger partial charge on any atom is -0.391 e. The smallest absolute Gasteiger partial charge is 0.227 e. The number of amides is 1. The zero-order chi connectivity index (χ0) is 19.3. The van der Waals surface area contributed by atoms with Crippen LogP contribution in [0.3, 0.4) is 0 Å². The normalized spacial score (nSPS) is 19.0. The average Bonchev–Trinajstić information content (AvgIpc) is 3.10. The van der Waals surface area contributed by atoms with Gasteiger partial charge in [-0.15, -0.1) is 0 Å². The van der Waals surface area contributed by atoms with Gasteiger partial charge in [0.2, 0.25) is 5.91 Å². The Balaban J connectivity index is 1.36. The van der Waals surface area contributed by atoms with E-state index in [0.717, 1.165) is 16.8 Å². The number of aromatic nitrogens is 1. The minimum absolute atomic E-state index is 0.0410. The van der Waals surface area contributed by atoms with Crippen LogP contribution in [-0.4, -0.2) is 40.1 Å². The van der Waals surface area contributed by atoms with Crippen LogP contribution in [0.2, 0.25) is 0 Å². The number of hydrogen-bond donors (Lipinski definition) is 1. The Kier molecular flexibility index (Phi) is 5.49. The largest absolute Gasteiger partial charge is 0.391 e. The number of carbonyl (C=O) groups is 1. The summed E-state index contributed by atoms with van der Waals surface area (Å²) in [6, 6.07) is 24.1. The Morgan fingerprint density at radius 2 is 1.64 bits per heavy atom. The van der Waals surface area contributed by atoms with E-state index < -0.39 is 6.10 Å². The number of benzene rings is 2. The number of carbonyl (C=O) groups excluding carboxylic acids is 1. The van der Waals surface area contributed by atoms with Crippen LogP contribution in [0, 0.1) is 5.92 Å². The SMILES string of the molecule is O=C(Cc1ccc(-c2ccccc2)cc1)N1C[C@@H](Cc2ccccn2)[C@H](O)C1. The summed E-state index contributed by atoms with van der Waals surface area (Å²) < 4.78 is 0. The molecular weight excluding hydrogens is 348 g/mol. The average molecular weight is 372 g/mol. The van der Waals surface area contributed by atoms with Gasteiger partial charge >= 0.3 is 0 Å². The number of β-amino-alcohol motifs (C(OH)–C–C–N with tert-alkyl or cyclic N) is 1. The van der Waals surface area contributed by atoms with Gasteiger partial charge in [0.25, 0.3) is 0 Å². The molecule has 1 fully saturated rings. The molecule has 1 aliphatic heterocycles. The molecule has 1 N–H and O–H groups in total. The maximum atomic E-state index is 12.7. The molecule has 2 aromatic carbocycles. The first-order chi connectivity index (χ1) is 13.7. The maximum absolute atomic E-state index is 12.7. The van der Waals surface area contributed by atoms with Crippen molar-refractivity contribution in [1.82, 2.24) is 9.88 Å². The molecule has 28 heavy (non-hydrogen) atoms. The van der Waals surface area contributed by atoms with Crippen LogP contribution in [0.25, 0.3) is 11.1 Å². The lowest BCUT2D eigenvalue weighted by atomic mass is 10.00. The maximum Gasteiger partial charge on any atom is 0.227 e. The molecule has 2 heterocycles. The van der Waals surface area contributed by atoms with Gasteiger partial charge in [-0.3, -0.25) is 9.78 Å². The fraction of sp³-hybridized carbons (Fsp3) is 0.250. The lowest BCUT2D eigenvalue weighted by Crippen LogP contribution is -2.31. The summed E-state index contributed by atoms with van der Waals surface area (Å²) in [4.78, 5) is 18.8.